The summed E-state index contributed by atoms with van der Waals surface area (Å²) in [6.45, 7) is 2.50. The summed E-state index contributed by atoms with van der Waals surface area (Å²) < 4.78 is 24.8. The van der Waals surface area contributed by atoms with E-state index in [1.165, 1.54) is 0 Å². The average molecular weight is 337 g/mol. The van der Waals surface area contributed by atoms with E-state index >= 15 is 0 Å². The summed E-state index contributed by atoms with van der Waals surface area (Å²) in [7, 11) is -3.48. The minimum atomic E-state index is -3.48. The Morgan fingerprint density at radius 3 is 2.95 bits per heavy atom. The zero-order valence-corrected chi connectivity index (χ0v) is 13.1. The number of alkyl halides is 1. The molecule has 20 heavy (non-hydrogen) atoms. The Hall–Kier alpha value is -1.03. The zero-order valence-electron chi connectivity index (χ0n) is 10.7. The molecule has 1 aromatic rings. The lowest BCUT2D eigenvalue weighted by Crippen LogP contribution is -2.28. The molecule has 0 saturated carbocycles. The van der Waals surface area contributed by atoms with Gasteiger partial charge in [-0.15, -0.1) is 11.6 Å². The van der Waals surface area contributed by atoms with Gasteiger partial charge in [0.15, 0.2) is 5.13 Å². The highest BCUT2D eigenvalue weighted by molar-refractivity contribution is 7.93. The van der Waals surface area contributed by atoms with E-state index in [9.17, 15) is 13.2 Å². The van der Waals surface area contributed by atoms with Crippen molar-refractivity contribution in [3.63, 3.8) is 0 Å². The summed E-state index contributed by atoms with van der Waals surface area (Å²) in [5.74, 6) is -0.734. The molecule has 1 aliphatic rings. The molecule has 0 radical (unpaired) electrons. The van der Waals surface area contributed by atoms with Crippen LogP contribution in [0.4, 0.5) is 5.13 Å². The van der Waals surface area contributed by atoms with E-state index in [0.29, 0.717) is 18.9 Å². The number of amides is 1. The van der Waals surface area contributed by atoms with Gasteiger partial charge in [-0.05, 0) is 6.92 Å². The Morgan fingerprint density at radius 1 is 1.60 bits per heavy atom. The molecule has 2 heterocycles. The van der Waals surface area contributed by atoms with Crippen LogP contribution in [0.3, 0.4) is 0 Å². The largest absolute Gasteiger partial charge is 0.301 e. The van der Waals surface area contributed by atoms with E-state index in [1.807, 2.05) is 0 Å². The lowest BCUT2D eigenvalue weighted by Gasteiger charge is -2.12. The van der Waals surface area contributed by atoms with Gasteiger partial charge in [0, 0.05) is 12.8 Å². The second-order valence-corrected chi connectivity index (χ2v) is 7.60. The number of hydrogen-bond donors (Lipinski definition) is 1. The van der Waals surface area contributed by atoms with E-state index < -0.39 is 15.7 Å². The summed E-state index contributed by atoms with van der Waals surface area (Å²) in [6.07, 6.45) is 1.68. The van der Waals surface area contributed by atoms with Crippen molar-refractivity contribution in [3.05, 3.63) is 5.69 Å². The van der Waals surface area contributed by atoms with Crippen LogP contribution < -0.4 is 5.32 Å². The quantitative estimate of drug-likeness (QED) is 0.799. The lowest BCUT2D eigenvalue weighted by atomic mass is 10.6. The van der Waals surface area contributed by atoms with Gasteiger partial charge < -0.3 is 5.32 Å². The van der Waals surface area contributed by atoms with Crippen LogP contribution in [-0.2, 0) is 14.6 Å². The SMILES string of the molecule is Cc1nc(NC(=O)CCl)sc1S(=O)(=O)CN1CC=NC1. The summed E-state index contributed by atoms with van der Waals surface area (Å²) in [5, 5.41) is 2.69. The predicted octanol–water partition coefficient (Wildman–Crippen LogP) is 0.704. The van der Waals surface area contributed by atoms with Gasteiger partial charge in [-0.25, -0.2) is 13.4 Å². The molecule has 0 aromatic carbocycles. The van der Waals surface area contributed by atoms with Crippen LogP contribution in [0.25, 0.3) is 0 Å². The number of hydrogen-bond acceptors (Lipinski definition) is 7. The fraction of sp³-hybridized carbons (Fsp3) is 0.500. The molecule has 1 N–H and O–H groups in total. The standard InChI is InChI=1S/C10H13ClN4O3S2/c1-7-9(19-10(13-7)14-8(16)4-11)20(17,18)6-15-3-2-12-5-15/h2H,3-6H2,1H3,(H,13,14,16). The molecule has 0 unspecified atom stereocenters. The summed E-state index contributed by atoms with van der Waals surface area (Å²) in [4.78, 5) is 20.9. The number of aromatic nitrogens is 1. The number of aliphatic imine (C=N–C) groups is 1. The first kappa shape index (κ1) is 15.4. The minimum Gasteiger partial charge on any atom is -0.301 e. The Labute approximate surface area is 125 Å². The zero-order chi connectivity index (χ0) is 14.8. The average Bonchev–Trinajstić information content (AvgIpc) is 2.98. The molecule has 1 aromatic heterocycles. The number of sulfone groups is 1. The van der Waals surface area contributed by atoms with E-state index in [2.05, 4.69) is 15.3 Å². The minimum absolute atomic E-state index is 0.112. The van der Waals surface area contributed by atoms with E-state index in [0.717, 1.165) is 11.3 Å². The highest BCUT2D eigenvalue weighted by atomic mass is 35.5. The normalized spacial score (nSPS) is 15.7. The lowest BCUT2D eigenvalue weighted by molar-refractivity contribution is -0.113. The van der Waals surface area contributed by atoms with Gasteiger partial charge in [0.05, 0.1) is 12.4 Å². The molecular weight excluding hydrogens is 324 g/mol. The molecule has 0 saturated heterocycles. The van der Waals surface area contributed by atoms with Crippen molar-refractivity contribution < 1.29 is 13.2 Å². The highest BCUT2D eigenvalue weighted by Crippen LogP contribution is 2.28. The van der Waals surface area contributed by atoms with Crippen LogP contribution in [0.5, 0.6) is 0 Å². The van der Waals surface area contributed by atoms with Crippen LogP contribution in [0.1, 0.15) is 5.69 Å². The fourth-order valence-electron chi connectivity index (χ4n) is 1.67. The number of aryl methyl sites for hydroxylation is 1. The summed E-state index contributed by atoms with van der Waals surface area (Å²) in [6, 6.07) is 0. The summed E-state index contributed by atoms with van der Waals surface area (Å²) in [5.41, 5.74) is 0.375. The number of halogens is 1. The molecule has 1 amide bonds. The van der Waals surface area contributed by atoms with E-state index in [4.69, 9.17) is 11.6 Å². The monoisotopic (exact) mass is 336 g/mol. The molecule has 0 fully saturated rings. The third kappa shape index (κ3) is 3.54. The second-order valence-electron chi connectivity index (χ2n) is 4.18. The van der Waals surface area contributed by atoms with Gasteiger partial charge in [0.1, 0.15) is 16.0 Å². The molecule has 7 nitrogen and oxygen atoms in total. The van der Waals surface area contributed by atoms with Gasteiger partial charge in [-0.1, -0.05) is 11.3 Å². The van der Waals surface area contributed by atoms with Crippen LogP contribution >= 0.6 is 22.9 Å². The maximum atomic E-state index is 12.3. The van der Waals surface area contributed by atoms with Gasteiger partial charge in [-0.3, -0.25) is 14.7 Å². The molecule has 10 heteroatoms. The smallest absolute Gasteiger partial charge is 0.241 e. The molecule has 0 atom stereocenters. The molecule has 1 aliphatic heterocycles. The van der Waals surface area contributed by atoms with Crippen LogP contribution in [-0.4, -0.2) is 55.4 Å². The van der Waals surface area contributed by atoms with Crippen molar-refractivity contribution in [3.8, 4) is 0 Å². The highest BCUT2D eigenvalue weighted by Gasteiger charge is 2.25. The van der Waals surface area contributed by atoms with Gasteiger partial charge in [0.2, 0.25) is 15.7 Å². The van der Waals surface area contributed by atoms with Crippen molar-refractivity contribution >= 4 is 50.0 Å². The van der Waals surface area contributed by atoms with Gasteiger partial charge >= 0.3 is 0 Å². The number of anilines is 1. The topological polar surface area (TPSA) is 91.7 Å². The first-order chi connectivity index (χ1) is 9.42. The molecule has 0 spiro atoms. The fourth-order valence-corrected chi connectivity index (χ4v) is 4.64. The van der Waals surface area contributed by atoms with Gasteiger partial charge in [0.25, 0.3) is 0 Å². The number of rotatable bonds is 5. The number of nitrogens with one attached hydrogen (secondary N) is 1. The number of carbonyl (C=O) groups excluding carboxylic acids is 1. The molecule has 110 valence electrons. The molecule has 2 rings (SSSR count). The Balaban J connectivity index is 2.16. The first-order valence-electron chi connectivity index (χ1n) is 5.69. The third-order valence-electron chi connectivity index (χ3n) is 2.51. The Kier molecular flexibility index (Phi) is 4.74. The summed E-state index contributed by atoms with van der Waals surface area (Å²) >= 11 is 6.31. The number of nitrogens with zero attached hydrogens (tertiary/aromatic N) is 3. The van der Waals surface area contributed by atoms with Crippen molar-refractivity contribution in [2.45, 2.75) is 11.1 Å². The Bertz CT molecular complexity index is 633. The molecule has 0 aliphatic carbocycles. The van der Waals surface area contributed by atoms with Crippen molar-refractivity contribution in [2.75, 3.05) is 30.3 Å². The van der Waals surface area contributed by atoms with Crippen molar-refractivity contribution in [1.82, 2.24) is 9.88 Å². The van der Waals surface area contributed by atoms with Crippen LogP contribution in [0.2, 0.25) is 0 Å². The Morgan fingerprint density at radius 2 is 2.35 bits per heavy atom. The van der Waals surface area contributed by atoms with E-state index in [-0.39, 0.29) is 21.1 Å². The van der Waals surface area contributed by atoms with Gasteiger partial charge in [-0.2, -0.15) is 0 Å². The van der Waals surface area contributed by atoms with Crippen LogP contribution in [0, 0.1) is 6.92 Å². The number of carbonyl (C=O) groups is 1. The van der Waals surface area contributed by atoms with E-state index in [1.54, 1.807) is 18.0 Å². The number of thiazole rings is 1. The first-order valence-corrected chi connectivity index (χ1v) is 8.69. The predicted molar refractivity (Wildman–Crippen MR) is 78.3 cm³/mol. The maximum Gasteiger partial charge on any atom is 0.241 e. The molecule has 0 bridgehead atoms. The third-order valence-corrected chi connectivity index (χ3v) is 6.19. The molecular formula is C10H13ClN4O3S2. The van der Waals surface area contributed by atoms with Crippen molar-refractivity contribution in [2.24, 2.45) is 4.99 Å². The van der Waals surface area contributed by atoms with Crippen LogP contribution in [0.15, 0.2) is 9.20 Å². The maximum absolute atomic E-state index is 12.3. The van der Waals surface area contributed by atoms with Crippen molar-refractivity contribution in [1.29, 1.82) is 0 Å². The second kappa shape index (κ2) is 6.17.